The Hall–Kier alpha value is 0.370. The van der Waals surface area contributed by atoms with Crippen molar-refractivity contribution in [2.45, 2.75) is 23.9 Å². The van der Waals surface area contributed by atoms with Crippen LogP contribution in [0.15, 0.2) is 12.1 Å². The number of hydrogen-bond donors (Lipinski definition) is 1. The third-order valence-corrected chi connectivity index (χ3v) is 11.5. The number of fused-ring (bicyclic) bond motifs is 1. The summed E-state index contributed by atoms with van der Waals surface area (Å²) in [6.45, 7) is -0.515. The van der Waals surface area contributed by atoms with Crippen LogP contribution in [0, 0.1) is 28.5 Å². The Morgan fingerprint density at radius 2 is 1.94 bits per heavy atom. The fourth-order valence-electron chi connectivity index (χ4n) is 4.51. The molecule has 3 fully saturated rings. The maximum Gasteiger partial charge on any atom is 0.339 e. The van der Waals surface area contributed by atoms with E-state index in [9.17, 15) is 22.2 Å². The lowest BCUT2D eigenvalue weighted by atomic mass is 9.84. The molecule has 1 saturated heterocycles. The first-order valence-corrected chi connectivity index (χ1v) is 15.0. The molecule has 1 N–H and O–H groups in total. The quantitative estimate of drug-likeness (QED) is 0.199. The highest BCUT2D eigenvalue weighted by Gasteiger charge is 2.69. The lowest BCUT2D eigenvalue weighted by Crippen LogP contribution is -2.45. The minimum absolute atomic E-state index is 0.210. The number of halogens is 3. The fraction of sp³-hybridized carbons (Fsp3) is 0.529. The van der Waals surface area contributed by atoms with Gasteiger partial charge in [-0.15, -0.1) is 0 Å². The summed E-state index contributed by atoms with van der Waals surface area (Å²) in [5.74, 6) is -3.48. The molecule has 0 radical (unpaired) electrons. The van der Waals surface area contributed by atoms with Crippen LogP contribution in [-0.4, -0.2) is 58.9 Å². The first-order chi connectivity index (χ1) is 14.5. The van der Waals surface area contributed by atoms with Crippen molar-refractivity contribution < 1.29 is 40.4 Å². The van der Waals surface area contributed by atoms with E-state index in [1.807, 2.05) is 6.07 Å². The van der Waals surface area contributed by atoms with Crippen molar-refractivity contribution in [3.05, 3.63) is 28.4 Å². The van der Waals surface area contributed by atoms with Crippen LogP contribution in [0.2, 0.25) is 0 Å². The summed E-state index contributed by atoms with van der Waals surface area (Å²) in [6, 6.07) is 3.65. The minimum atomic E-state index is -4.28. The highest BCUT2D eigenvalue weighted by Crippen LogP contribution is 2.57. The molecule has 14 heteroatoms. The van der Waals surface area contributed by atoms with Gasteiger partial charge in [0.15, 0.2) is 11.1 Å². The molecule has 31 heavy (non-hydrogen) atoms. The predicted molar refractivity (Wildman–Crippen MR) is 133 cm³/mol. The average Bonchev–Trinajstić information content (AvgIpc) is 3.27. The zero-order valence-electron chi connectivity index (χ0n) is 15.4. The van der Waals surface area contributed by atoms with Gasteiger partial charge in [0.25, 0.3) is 10.1 Å². The molecule has 2 aliphatic carbocycles. The van der Waals surface area contributed by atoms with Gasteiger partial charge in [0.1, 0.15) is 24.6 Å². The molecule has 1 aromatic carbocycles. The standard InChI is InChI=1S/C17H15I3O9S2/c18-6-3-8(12(20)10(19)4-6)16(21)28-13-7-5-9-14(13)29-30(23)15(9)11(7)17(22)27-1-2-31(24,25)26/h3-4,7,9,11,13-15H,1-2,5H2,(H,24,25,26). The lowest BCUT2D eigenvalue weighted by molar-refractivity contribution is -0.152. The van der Waals surface area contributed by atoms with Gasteiger partial charge in [0.05, 0.1) is 16.7 Å². The van der Waals surface area contributed by atoms with E-state index in [-0.39, 0.29) is 5.92 Å². The smallest absolute Gasteiger partial charge is 0.339 e. The van der Waals surface area contributed by atoms with Crippen LogP contribution < -0.4 is 0 Å². The Balaban J connectivity index is 1.53. The van der Waals surface area contributed by atoms with Gasteiger partial charge < -0.3 is 9.47 Å². The van der Waals surface area contributed by atoms with Crippen LogP contribution in [0.4, 0.5) is 0 Å². The van der Waals surface area contributed by atoms with Gasteiger partial charge in [-0.25, -0.2) is 9.00 Å². The summed E-state index contributed by atoms with van der Waals surface area (Å²) in [5, 5.41) is -0.582. The third-order valence-electron chi connectivity index (χ3n) is 5.69. The second-order valence-corrected chi connectivity index (χ2v) is 13.8. The van der Waals surface area contributed by atoms with E-state index < -0.39 is 74.8 Å². The second-order valence-electron chi connectivity index (χ2n) is 7.45. The number of benzene rings is 1. The van der Waals surface area contributed by atoms with Gasteiger partial charge in [0.2, 0.25) is 0 Å². The van der Waals surface area contributed by atoms with E-state index in [1.165, 1.54) is 0 Å². The molecular formula is C17H15I3O9S2. The Morgan fingerprint density at radius 1 is 1.23 bits per heavy atom. The monoisotopic (exact) mass is 808 g/mol. The third kappa shape index (κ3) is 4.80. The van der Waals surface area contributed by atoms with Crippen molar-refractivity contribution in [1.29, 1.82) is 0 Å². The van der Waals surface area contributed by atoms with Crippen LogP contribution >= 0.6 is 67.8 Å². The Labute approximate surface area is 221 Å². The van der Waals surface area contributed by atoms with Crippen LogP contribution in [0.1, 0.15) is 16.8 Å². The summed E-state index contributed by atoms with van der Waals surface area (Å²) >= 11 is 4.58. The van der Waals surface area contributed by atoms with Gasteiger partial charge >= 0.3 is 11.9 Å². The molecule has 0 aromatic heterocycles. The van der Waals surface area contributed by atoms with Gasteiger partial charge in [0, 0.05) is 22.5 Å². The van der Waals surface area contributed by atoms with Crippen molar-refractivity contribution in [1.82, 2.24) is 0 Å². The molecule has 4 rings (SSSR count). The molecule has 9 nitrogen and oxygen atoms in total. The highest BCUT2D eigenvalue weighted by atomic mass is 127. The molecule has 2 bridgehead atoms. The molecule has 3 aliphatic rings. The van der Waals surface area contributed by atoms with Crippen molar-refractivity contribution in [3.8, 4) is 0 Å². The molecule has 170 valence electrons. The summed E-state index contributed by atoms with van der Waals surface area (Å²) in [5.41, 5.74) is 0.405. The largest absolute Gasteiger partial charge is 0.464 e. The lowest BCUT2D eigenvalue weighted by Gasteiger charge is -2.30. The van der Waals surface area contributed by atoms with Crippen LogP contribution in [0.3, 0.4) is 0 Å². The van der Waals surface area contributed by atoms with Gasteiger partial charge in [-0.1, -0.05) is 0 Å². The van der Waals surface area contributed by atoms with Crippen molar-refractivity contribution in [3.63, 3.8) is 0 Å². The average molecular weight is 808 g/mol. The number of hydrogen-bond acceptors (Lipinski definition) is 8. The first-order valence-electron chi connectivity index (χ1n) is 9.03. The van der Waals surface area contributed by atoms with Crippen LogP contribution in [-0.2, 0) is 39.6 Å². The van der Waals surface area contributed by atoms with E-state index in [1.54, 1.807) is 6.07 Å². The van der Waals surface area contributed by atoms with Crippen LogP contribution in [0.5, 0.6) is 0 Å². The Kier molecular flexibility index (Phi) is 7.27. The van der Waals surface area contributed by atoms with Crippen molar-refractivity contribution in [2.24, 2.45) is 17.8 Å². The van der Waals surface area contributed by atoms with E-state index in [0.717, 1.165) is 10.7 Å². The summed E-state index contributed by atoms with van der Waals surface area (Å²) in [4.78, 5) is 25.6. The summed E-state index contributed by atoms with van der Waals surface area (Å²) < 4.78 is 61.9. The number of carbonyl (C=O) groups is 2. The minimum Gasteiger partial charge on any atom is -0.464 e. The molecule has 7 atom stereocenters. The zero-order valence-corrected chi connectivity index (χ0v) is 23.5. The summed E-state index contributed by atoms with van der Waals surface area (Å²) in [7, 11) is -4.28. The second kappa shape index (κ2) is 9.20. The van der Waals surface area contributed by atoms with Crippen LogP contribution in [0.25, 0.3) is 0 Å². The maximum atomic E-state index is 12.9. The Morgan fingerprint density at radius 3 is 2.61 bits per heavy atom. The molecule has 0 amide bonds. The van der Waals surface area contributed by atoms with Crippen molar-refractivity contribution >= 4 is 101 Å². The number of carbonyl (C=O) groups excluding carboxylic acids is 2. The van der Waals surface area contributed by atoms with Gasteiger partial charge in [-0.2, -0.15) is 8.42 Å². The molecule has 0 spiro atoms. The molecule has 7 unspecified atom stereocenters. The maximum absolute atomic E-state index is 12.9. The predicted octanol–water partition coefficient (Wildman–Crippen LogP) is 2.15. The number of rotatable bonds is 6. The SMILES string of the molecule is O=C(OC1C2CC3C1OS(=O)C3C2C(=O)OCCS(=O)(=O)O)c1cc(I)cc(I)c1I. The Bertz CT molecular complexity index is 1080. The van der Waals surface area contributed by atoms with E-state index in [2.05, 4.69) is 67.8 Å². The fourth-order valence-corrected chi connectivity index (χ4v) is 8.89. The van der Waals surface area contributed by atoms with Gasteiger partial charge in [-0.3, -0.25) is 13.5 Å². The normalized spacial score (nSPS) is 33.5. The number of ether oxygens (including phenoxy) is 2. The van der Waals surface area contributed by atoms with Crippen molar-refractivity contribution in [2.75, 3.05) is 12.4 Å². The van der Waals surface area contributed by atoms with E-state index >= 15 is 0 Å². The first kappa shape index (κ1) is 24.5. The topological polar surface area (TPSA) is 133 Å². The van der Waals surface area contributed by atoms with Gasteiger partial charge in [-0.05, 0) is 86.3 Å². The summed E-state index contributed by atoms with van der Waals surface area (Å²) in [6.07, 6.45) is -0.815. The zero-order chi connectivity index (χ0) is 22.7. The van der Waals surface area contributed by atoms with E-state index in [4.69, 9.17) is 18.2 Å². The highest BCUT2D eigenvalue weighted by molar-refractivity contribution is 14.1. The molecule has 1 aliphatic heterocycles. The van der Waals surface area contributed by atoms with E-state index in [0.29, 0.717) is 12.0 Å². The molecular weight excluding hydrogens is 793 g/mol. The molecule has 1 heterocycles. The number of esters is 2. The molecule has 2 saturated carbocycles. The molecule has 1 aromatic rings.